The van der Waals surface area contributed by atoms with E-state index in [1.54, 1.807) is 6.07 Å². The molecule has 1 aliphatic rings. The first-order valence-corrected chi connectivity index (χ1v) is 5.17. The summed E-state index contributed by atoms with van der Waals surface area (Å²) in [6, 6.07) is 4.53. The fourth-order valence-corrected chi connectivity index (χ4v) is 2.22. The Morgan fingerprint density at radius 3 is 2.67 bits per heavy atom. The zero-order valence-corrected chi connectivity index (χ0v) is 8.79. The highest BCUT2D eigenvalue weighted by Crippen LogP contribution is 2.46. The molecule has 15 heavy (non-hydrogen) atoms. The van der Waals surface area contributed by atoms with Gasteiger partial charge in [0.2, 0.25) is 0 Å². The Hall–Kier alpha value is -1.09. The number of ether oxygens (including phenoxy) is 1. The van der Waals surface area contributed by atoms with Gasteiger partial charge in [0.05, 0.1) is 13.7 Å². The van der Waals surface area contributed by atoms with Gasteiger partial charge in [0.25, 0.3) is 0 Å². The average molecular weight is 210 g/mol. The Morgan fingerprint density at radius 2 is 2.20 bits per heavy atom. The molecule has 0 bridgehead atoms. The molecule has 2 nitrogen and oxygen atoms in total. The fraction of sp³-hybridized carbons (Fsp3) is 0.500. The van der Waals surface area contributed by atoms with Crippen molar-refractivity contribution < 1.29 is 14.2 Å². The molecule has 0 aliphatic heterocycles. The van der Waals surface area contributed by atoms with Gasteiger partial charge in [0.15, 0.2) is 0 Å². The second kappa shape index (κ2) is 3.81. The second-order valence-corrected chi connectivity index (χ2v) is 4.14. The normalized spacial score (nSPS) is 18.3. The Labute approximate surface area is 88.7 Å². The minimum absolute atomic E-state index is 0.106. The van der Waals surface area contributed by atoms with E-state index in [9.17, 15) is 9.50 Å². The number of hydrogen-bond acceptors (Lipinski definition) is 2. The highest BCUT2D eigenvalue weighted by atomic mass is 19.1. The molecule has 0 spiro atoms. The number of rotatable bonds is 3. The van der Waals surface area contributed by atoms with Crippen molar-refractivity contribution in [2.75, 3.05) is 13.7 Å². The molecule has 3 heteroatoms. The van der Waals surface area contributed by atoms with E-state index in [4.69, 9.17) is 4.74 Å². The molecule has 0 saturated heterocycles. The van der Waals surface area contributed by atoms with Crippen LogP contribution in [0.5, 0.6) is 5.75 Å². The zero-order chi connectivity index (χ0) is 10.9. The minimum Gasteiger partial charge on any atom is -0.496 e. The van der Waals surface area contributed by atoms with E-state index >= 15 is 0 Å². The lowest BCUT2D eigenvalue weighted by molar-refractivity contribution is 0.117. The van der Waals surface area contributed by atoms with Crippen LogP contribution < -0.4 is 4.74 Å². The van der Waals surface area contributed by atoms with Crippen molar-refractivity contribution in [1.82, 2.24) is 0 Å². The van der Waals surface area contributed by atoms with E-state index in [2.05, 4.69) is 0 Å². The largest absolute Gasteiger partial charge is 0.496 e. The van der Waals surface area contributed by atoms with Crippen LogP contribution in [-0.2, 0) is 5.41 Å². The average Bonchev–Trinajstić information content (AvgIpc) is 2.19. The maximum atomic E-state index is 13.0. The maximum absolute atomic E-state index is 13.0. The van der Waals surface area contributed by atoms with Crippen LogP contribution in [0.3, 0.4) is 0 Å². The number of methoxy groups -OCH3 is 1. The first kappa shape index (κ1) is 10.4. The van der Waals surface area contributed by atoms with Gasteiger partial charge in [-0.05, 0) is 18.9 Å². The monoisotopic (exact) mass is 210 g/mol. The highest BCUT2D eigenvalue weighted by Gasteiger charge is 2.40. The van der Waals surface area contributed by atoms with Crippen molar-refractivity contribution in [3.05, 3.63) is 29.6 Å². The summed E-state index contributed by atoms with van der Waals surface area (Å²) in [5.74, 6) is 0.242. The summed E-state index contributed by atoms with van der Waals surface area (Å²) in [5, 5.41) is 9.43. The fourth-order valence-electron chi connectivity index (χ4n) is 2.22. The van der Waals surface area contributed by atoms with Crippen molar-refractivity contribution in [3.63, 3.8) is 0 Å². The van der Waals surface area contributed by atoms with E-state index in [0.29, 0.717) is 5.75 Å². The second-order valence-electron chi connectivity index (χ2n) is 4.14. The Morgan fingerprint density at radius 1 is 1.47 bits per heavy atom. The summed E-state index contributed by atoms with van der Waals surface area (Å²) < 4.78 is 18.2. The molecule has 2 rings (SSSR count). The molecule has 1 saturated carbocycles. The van der Waals surface area contributed by atoms with Gasteiger partial charge >= 0.3 is 0 Å². The van der Waals surface area contributed by atoms with Crippen molar-refractivity contribution in [1.29, 1.82) is 0 Å². The molecule has 0 aromatic heterocycles. The summed E-state index contributed by atoms with van der Waals surface area (Å²) >= 11 is 0. The molecule has 0 atom stereocenters. The third-order valence-corrected chi connectivity index (χ3v) is 3.35. The van der Waals surface area contributed by atoms with Crippen LogP contribution in [0, 0.1) is 5.82 Å². The van der Waals surface area contributed by atoms with Gasteiger partial charge in [0, 0.05) is 17.0 Å². The number of aliphatic hydroxyl groups excluding tert-OH is 1. The standard InChI is InChI=1S/C12H15FO2/c1-15-11-7-9(13)3-4-10(11)12(8-14)5-2-6-12/h3-4,7,14H,2,5-6,8H2,1H3. The van der Waals surface area contributed by atoms with E-state index in [1.807, 2.05) is 0 Å². The minimum atomic E-state index is -0.303. The van der Waals surface area contributed by atoms with Crippen molar-refractivity contribution >= 4 is 0 Å². The Balaban J connectivity index is 2.42. The zero-order valence-electron chi connectivity index (χ0n) is 8.79. The van der Waals surface area contributed by atoms with Gasteiger partial charge in [0.1, 0.15) is 11.6 Å². The van der Waals surface area contributed by atoms with Gasteiger partial charge in [-0.15, -0.1) is 0 Å². The first-order valence-electron chi connectivity index (χ1n) is 5.17. The van der Waals surface area contributed by atoms with Crippen molar-refractivity contribution in [3.8, 4) is 5.75 Å². The molecule has 1 N–H and O–H groups in total. The third kappa shape index (κ3) is 1.61. The van der Waals surface area contributed by atoms with Crippen LogP contribution in [-0.4, -0.2) is 18.8 Å². The van der Waals surface area contributed by atoms with Crippen LogP contribution in [0.15, 0.2) is 18.2 Å². The van der Waals surface area contributed by atoms with Gasteiger partial charge in [-0.1, -0.05) is 12.5 Å². The number of hydrogen-bond donors (Lipinski definition) is 1. The predicted molar refractivity (Wildman–Crippen MR) is 55.6 cm³/mol. The Kier molecular flexibility index (Phi) is 2.65. The highest BCUT2D eigenvalue weighted by molar-refractivity contribution is 5.41. The van der Waals surface area contributed by atoms with Crippen LogP contribution in [0.1, 0.15) is 24.8 Å². The molecule has 1 aromatic carbocycles. The van der Waals surface area contributed by atoms with Crippen LogP contribution >= 0.6 is 0 Å². The van der Waals surface area contributed by atoms with Crippen LogP contribution in [0.2, 0.25) is 0 Å². The number of aliphatic hydroxyl groups is 1. The smallest absolute Gasteiger partial charge is 0.126 e. The van der Waals surface area contributed by atoms with Gasteiger partial charge < -0.3 is 9.84 Å². The number of halogens is 1. The van der Waals surface area contributed by atoms with Crippen molar-refractivity contribution in [2.45, 2.75) is 24.7 Å². The molecule has 1 aromatic rings. The SMILES string of the molecule is COc1cc(F)ccc1C1(CO)CCC1. The van der Waals surface area contributed by atoms with E-state index in [0.717, 1.165) is 24.8 Å². The summed E-state index contributed by atoms with van der Waals surface area (Å²) in [7, 11) is 1.53. The molecule has 0 unspecified atom stereocenters. The van der Waals surface area contributed by atoms with Crippen molar-refractivity contribution in [2.24, 2.45) is 0 Å². The lowest BCUT2D eigenvalue weighted by Gasteiger charge is -2.41. The molecule has 0 radical (unpaired) electrons. The molecule has 82 valence electrons. The predicted octanol–water partition coefficient (Wildman–Crippen LogP) is 2.25. The van der Waals surface area contributed by atoms with E-state index in [-0.39, 0.29) is 17.8 Å². The maximum Gasteiger partial charge on any atom is 0.126 e. The summed E-state index contributed by atoms with van der Waals surface area (Å²) in [6.45, 7) is 0.106. The lowest BCUT2D eigenvalue weighted by atomic mass is 9.65. The van der Waals surface area contributed by atoms with Crippen LogP contribution in [0.4, 0.5) is 4.39 Å². The van der Waals surface area contributed by atoms with Gasteiger partial charge in [-0.2, -0.15) is 0 Å². The third-order valence-electron chi connectivity index (χ3n) is 3.35. The van der Waals surface area contributed by atoms with Gasteiger partial charge in [-0.3, -0.25) is 0 Å². The summed E-state index contributed by atoms with van der Waals surface area (Å²) in [6.07, 6.45) is 3.01. The van der Waals surface area contributed by atoms with E-state index in [1.165, 1.54) is 19.2 Å². The first-order chi connectivity index (χ1) is 7.22. The topological polar surface area (TPSA) is 29.5 Å². The molecule has 1 aliphatic carbocycles. The van der Waals surface area contributed by atoms with Crippen LogP contribution in [0.25, 0.3) is 0 Å². The van der Waals surface area contributed by atoms with Gasteiger partial charge in [-0.25, -0.2) is 4.39 Å². The molecular weight excluding hydrogens is 195 g/mol. The Bertz CT molecular complexity index is 353. The van der Waals surface area contributed by atoms with E-state index < -0.39 is 0 Å². The summed E-state index contributed by atoms with van der Waals surface area (Å²) in [5.41, 5.74) is 0.735. The quantitative estimate of drug-likeness (QED) is 0.829. The molecule has 1 fully saturated rings. The summed E-state index contributed by atoms with van der Waals surface area (Å²) in [4.78, 5) is 0. The lowest BCUT2D eigenvalue weighted by Crippen LogP contribution is -2.38. The molecule has 0 heterocycles. The molecule has 0 amide bonds. The molecular formula is C12H15FO2. The number of benzene rings is 1.